The standard InChI is InChI=1S/C6H13NO5S/c1-7(6(9)10)2-4-13(11,12)5-3-8/h8H,2-5H2,1H3,(H,9,10). The van der Waals surface area contributed by atoms with Gasteiger partial charge < -0.3 is 15.1 Å². The van der Waals surface area contributed by atoms with Gasteiger partial charge in [-0.2, -0.15) is 0 Å². The van der Waals surface area contributed by atoms with Crippen LogP contribution >= 0.6 is 0 Å². The highest BCUT2D eigenvalue weighted by molar-refractivity contribution is 7.91. The zero-order valence-electron chi connectivity index (χ0n) is 7.30. The third kappa shape index (κ3) is 5.42. The van der Waals surface area contributed by atoms with Gasteiger partial charge in [0.05, 0.1) is 18.1 Å². The van der Waals surface area contributed by atoms with Crippen molar-refractivity contribution >= 4 is 15.9 Å². The normalized spacial score (nSPS) is 11.2. The molecule has 0 fully saturated rings. The predicted octanol–water partition coefficient (Wildman–Crippen LogP) is -0.997. The molecule has 0 spiro atoms. The van der Waals surface area contributed by atoms with Crippen molar-refractivity contribution in [2.45, 2.75) is 0 Å². The number of hydrogen-bond acceptors (Lipinski definition) is 4. The second-order valence-corrected chi connectivity index (χ2v) is 4.88. The average molecular weight is 211 g/mol. The number of hydrogen-bond donors (Lipinski definition) is 2. The molecular weight excluding hydrogens is 198 g/mol. The van der Waals surface area contributed by atoms with Crippen molar-refractivity contribution in [3.63, 3.8) is 0 Å². The lowest BCUT2D eigenvalue weighted by atomic mass is 10.7. The van der Waals surface area contributed by atoms with Gasteiger partial charge in [-0.05, 0) is 0 Å². The van der Waals surface area contributed by atoms with E-state index in [1.165, 1.54) is 7.05 Å². The topological polar surface area (TPSA) is 94.9 Å². The summed E-state index contributed by atoms with van der Waals surface area (Å²) in [5.74, 6) is -0.573. The number of carboxylic acid groups (broad SMARTS) is 1. The van der Waals surface area contributed by atoms with Gasteiger partial charge in [-0.3, -0.25) is 0 Å². The molecule has 13 heavy (non-hydrogen) atoms. The van der Waals surface area contributed by atoms with Crippen molar-refractivity contribution in [2.24, 2.45) is 0 Å². The summed E-state index contributed by atoms with van der Waals surface area (Å²) in [6, 6.07) is 0. The van der Waals surface area contributed by atoms with E-state index in [-0.39, 0.29) is 18.1 Å². The van der Waals surface area contributed by atoms with Crippen LogP contribution in [0.5, 0.6) is 0 Å². The molecule has 0 atom stereocenters. The number of nitrogens with zero attached hydrogens (tertiary/aromatic N) is 1. The summed E-state index contributed by atoms with van der Waals surface area (Å²) < 4.78 is 22.0. The molecule has 0 saturated carbocycles. The van der Waals surface area contributed by atoms with Crippen LogP contribution in [-0.4, -0.2) is 61.3 Å². The van der Waals surface area contributed by atoms with Gasteiger partial charge in [0.25, 0.3) is 0 Å². The summed E-state index contributed by atoms with van der Waals surface area (Å²) in [6.07, 6.45) is -1.17. The molecule has 2 N–H and O–H groups in total. The molecule has 0 unspecified atom stereocenters. The van der Waals surface area contributed by atoms with Crippen LogP contribution in [0.2, 0.25) is 0 Å². The maximum atomic E-state index is 11.0. The SMILES string of the molecule is CN(CCS(=O)(=O)CCO)C(=O)O. The van der Waals surface area contributed by atoms with Crippen molar-refractivity contribution in [2.75, 3.05) is 31.7 Å². The Bertz CT molecular complexity index is 260. The van der Waals surface area contributed by atoms with E-state index in [0.717, 1.165) is 4.90 Å². The molecule has 0 bridgehead atoms. The van der Waals surface area contributed by atoms with E-state index >= 15 is 0 Å². The molecular formula is C6H13NO5S. The highest BCUT2D eigenvalue weighted by Crippen LogP contribution is 1.92. The van der Waals surface area contributed by atoms with E-state index in [9.17, 15) is 13.2 Å². The van der Waals surface area contributed by atoms with E-state index in [1.54, 1.807) is 0 Å². The molecule has 1 amide bonds. The maximum absolute atomic E-state index is 11.0. The number of aliphatic hydroxyl groups is 1. The highest BCUT2D eigenvalue weighted by Gasteiger charge is 2.13. The second-order valence-electron chi connectivity index (χ2n) is 2.58. The minimum atomic E-state index is -3.32. The molecule has 0 aliphatic rings. The monoisotopic (exact) mass is 211 g/mol. The lowest BCUT2D eigenvalue weighted by Crippen LogP contribution is -2.31. The summed E-state index contributed by atoms with van der Waals surface area (Å²) in [7, 11) is -2.03. The molecule has 0 aliphatic heterocycles. The first kappa shape index (κ1) is 12.2. The van der Waals surface area contributed by atoms with Gasteiger partial charge in [-0.25, -0.2) is 13.2 Å². The number of rotatable bonds is 5. The summed E-state index contributed by atoms with van der Waals surface area (Å²) in [4.78, 5) is 11.1. The van der Waals surface area contributed by atoms with Crippen molar-refractivity contribution < 1.29 is 23.4 Å². The molecule has 0 aliphatic carbocycles. The van der Waals surface area contributed by atoms with E-state index in [2.05, 4.69) is 0 Å². The van der Waals surface area contributed by atoms with Crippen LogP contribution in [0.1, 0.15) is 0 Å². The Labute approximate surface area is 76.7 Å². The second kappa shape index (κ2) is 5.03. The Kier molecular flexibility index (Phi) is 4.71. The van der Waals surface area contributed by atoms with E-state index < -0.39 is 22.5 Å². The Morgan fingerprint density at radius 1 is 1.38 bits per heavy atom. The van der Waals surface area contributed by atoms with Crippen LogP contribution in [0.25, 0.3) is 0 Å². The van der Waals surface area contributed by atoms with E-state index in [0.29, 0.717) is 0 Å². The molecule has 0 radical (unpaired) electrons. The number of amides is 1. The van der Waals surface area contributed by atoms with Crippen molar-refractivity contribution in [1.82, 2.24) is 4.90 Å². The molecule has 6 nitrogen and oxygen atoms in total. The van der Waals surface area contributed by atoms with Crippen molar-refractivity contribution in [3.05, 3.63) is 0 Å². The zero-order chi connectivity index (χ0) is 10.5. The number of sulfone groups is 1. The molecule has 0 aromatic carbocycles. The molecule has 0 heterocycles. The van der Waals surface area contributed by atoms with Gasteiger partial charge in [0.1, 0.15) is 0 Å². The summed E-state index contributed by atoms with van der Waals surface area (Å²) in [5.41, 5.74) is 0. The largest absolute Gasteiger partial charge is 0.465 e. The molecule has 0 aromatic rings. The van der Waals surface area contributed by atoms with Crippen molar-refractivity contribution in [3.8, 4) is 0 Å². The first-order valence-electron chi connectivity index (χ1n) is 3.64. The smallest absolute Gasteiger partial charge is 0.407 e. The zero-order valence-corrected chi connectivity index (χ0v) is 8.12. The Balaban J connectivity index is 3.95. The molecule has 0 saturated heterocycles. The van der Waals surface area contributed by atoms with Gasteiger partial charge in [0, 0.05) is 13.6 Å². The van der Waals surface area contributed by atoms with Crippen LogP contribution in [0.3, 0.4) is 0 Å². The van der Waals surface area contributed by atoms with Crippen LogP contribution < -0.4 is 0 Å². The van der Waals surface area contributed by atoms with Gasteiger partial charge in [-0.1, -0.05) is 0 Å². The summed E-state index contributed by atoms with van der Waals surface area (Å²) in [5, 5.41) is 16.8. The van der Waals surface area contributed by atoms with Crippen LogP contribution in [0, 0.1) is 0 Å². The van der Waals surface area contributed by atoms with Crippen molar-refractivity contribution in [1.29, 1.82) is 0 Å². The molecule has 0 rings (SSSR count). The maximum Gasteiger partial charge on any atom is 0.407 e. The summed E-state index contributed by atoms with van der Waals surface area (Å²) in [6.45, 7) is -0.503. The van der Waals surface area contributed by atoms with E-state index in [4.69, 9.17) is 10.2 Å². The molecule has 78 valence electrons. The van der Waals surface area contributed by atoms with E-state index in [1.807, 2.05) is 0 Å². The van der Waals surface area contributed by atoms with Gasteiger partial charge in [0.15, 0.2) is 9.84 Å². The highest BCUT2D eigenvalue weighted by atomic mass is 32.2. The fourth-order valence-electron chi connectivity index (χ4n) is 0.613. The fourth-order valence-corrected chi connectivity index (χ4v) is 1.65. The van der Waals surface area contributed by atoms with Crippen LogP contribution in [-0.2, 0) is 9.84 Å². The number of aliphatic hydroxyl groups excluding tert-OH is 1. The Hall–Kier alpha value is -0.820. The van der Waals surface area contributed by atoms with Gasteiger partial charge in [0.2, 0.25) is 0 Å². The minimum absolute atomic E-state index is 0.0718. The van der Waals surface area contributed by atoms with Crippen LogP contribution in [0.15, 0.2) is 0 Å². The Morgan fingerprint density at radius 2 is 1.92 bits per heavy atom. The number of carbonyl (C=O) groups is 1. The van der Waals surface area contributed by atoms with Gasteiger partial charge >= 0.3 is 6.09 Å². The third-order valence-electron chi connectivity index (χ3n) is 1.47. The average Bonchev–Trinajstić information content (AvgIpc) is 2.00. The first-order chi connectivity index (χ1) is 5.89. The fraction of sp³-hybridized carbons (Fsp3) is 0.833. The lowest BCUT2D eigenvalue weighted by molar-refractivity contribution is 0.158. The Morgan fingerprint density at radius 3 is 2.31 bits per heavy atom. The minimum Gasteiger partial charge on any atom is -0.465 e. The van der Waals surface area contributed by atoms with Crippen LogP contribution in [0.4, 0.5) is 4.79 Å². The lowest BCUT2D eigenvalue weighted by Gasteiger charge is -2.11. The van der Waals surface area contributed by atoms with Gasteiger partial charge in [-0.15, -0.1) is 0 Å². The predicted molar refractivity (Wildman–Crippen MR) is 46.4 cm³/mol. The first-order valence-corrected chi connectivity index (χ1v) is 5.46. The quantitative estimate of drug-likeness (QED) is 0.608. The summed E-state index contributed by atoms with van der Waals surface area (Å²) >= 11 is 0. The molecule has 0 aromatic heterocycles. The third-order valence-corrected chi connectivity index (χ3v) is 3.08. The molecule has 7 heteroatoms.